The first-order valence-electron chi connectivity index (χ1n) is 3.53. The van der Waals surface area contributed by atoms with Gasteiger partial charge in [0.25, 0.3) is 0 Å². The van der Waals surface area contributed by atoms with Gasteiger partial charge in [0.2, 0.25) is 0 Å². The fourth-order valence-corrected chi connectivity index (χ4v) is 0.792. The largest absolute Gasteiger partial charge is 0.478 e. The van der Waals surface area contributed by atoms with Crippen molar-refractivity contribution in [2.45, 2.75) is 0 Å². The minimum atomic E-state index is -1.14. The van der Waals surface area contributed by atoms with Crippen LogP contribution in [0.5, 0.6) is 0 Å². The van der Waals surface area contributed by atoms with Gasteiger partial charge in [0.05, 0.1) is 11.8 Å². The Hall–Kier alpha value is -1.91. The fraction of sp³-hybridized carbons (Fsp3) is 0.125. The Balaban J connectivity index is 2.75. The zero-order valence-corrected chi connectivity index (χ0v) is 6.97. The van der Waals surface area contributed by atoms with Crippen molar-refractivity contribution in [2.24, 2.45) is 7.05 Å². The van der Waals surface area contributed by atoms with Gasteiger partial charge in [-0.25, -0.2) is 4.79 Å². The molecule has 0 bridgehead atoms. The molecule has 0 saturated heterocycles. The maximum atomic E-state index is 11.2. The zero-order chi connectivity index (χ0) is 9.84. The average molecular weight is 180 g/mol. The maximum Gasteiger partial charge on any atom is 0.328 e. The van der Waals surface area contributed by atoms with Crippen LogP contribution in [0.4, 0.5) is 0 Å². The molecule has 5 heteroatoms. The molecule has 0 spiro atoms. The van der Waals surface area contributed by atoms with Crippen LogP contribution in [0.25, 0.3) is 0 Å². The lowest BCUT2D eigenvalue weighted by Gasteiger charge is -1.85. The van der Waals surface area contributed by atoms with Crippen molar-refractivity contribution in [1.82, 2.24) is 9.78 Å². The number of carboxylic acid groups (broad SMARTS) is 1. The highest BCUT2D eigenvalue weighted by Crippen LogP contribution is 1.98. The molecule has 0 aliphatic carbocycles. The van der Waals surface area contributed by atoms with Crippen molar-refractivity contribution in [3.63, 3.8) is 0 Å². The molecule has 0 aromatic carbocycles. The number of nitrogens with zero attached hydrogens (tertiary/aromatic N) is 2. The molecule has 1 heterocycles. The molecule has 0 aliphatic rings. The predicted molar refractivity (Wildman–Crippen MR) is 44.3 cm³/mol. The van der Waals surface area contributed by atoms with E-state index in [9.17, 15) is 9.59 Å². The summed E-state index contributed by atoms with van der Waals surface area (Å²) in [6.07, 6.45) is 4.71. The first-order chi connectivity index (χ1) is 6.09. The molecule has 0 aliphatic heterocycles. The monoisotopic (exact) mass is 180 g/mol. The number of carbonyl (C=O) groups excluding carboxylic acids is 1. The van der Waals surface area contributed by atoms with E-state index >= 15 is 0 Å². The molecule has 5 nitrogen and oxygen atoms in total. The summed E-state index contributed by atoms with van der Waals surface area (Å²) in [5.41, 5.74) is 0.375. The predicted octanol–water partition coefficient (Wildman–Crippen LogP) is 0.244. The highest BCUT2D eigenvalue weighted by Gasteiger charge is 2.03. The molecule has 1 aromatic rings. The number of aromatic nitrogens is 2. The molecule has 0 unspecified atom stereocenters. The lowest BCUT2D eigenvalue weighted by atomic mass is 10.2. The van der Waals surface area contributed by atoms with Crippen LogP contribution in [-0.4, -0.2) is 26.6 Å². The van der Waals surface area contributed by atoms with E-state index in [-0.39, 0.29) is 5.78 Å². The highest BCUT2D eigenvalue weighted by molar-refractivity contribution is 6.06. The van der Waals surface area contributed by atoms with Crippen LogP contribution in [0, 0.1) is 0 Å². The van der Waals surface area contributed by atoms with E-state index in [4.69, 9.17) is 5.11 Å². The molecule has 0 saturated carbocycles. The van der Waals surface area contributed by atoms with Gasteiger partial charge >= 0.3 is 5.97 Å². The molecule has 0 radical (unpaired) electrons. The van der Waals surface area contributed by atoms with Gasteiger partial charge in [-0.15, -0.1) is 0 Å². The molecule has 0 amide bonds. The molecule has 1 rings (SSSR count). The van der Waals surface area contributed by atoms with Crippen LogP contribution in [0.3, 0.4) is 0 Å². The Kier molecular flexibility index (Phi) is 2.59. The Labute approximate surface area is 74.3 Å². The van der Waals surface area contributed by atoms with E-state index in [1.54, 1.807) is 7.05 Å². The molecule has 1 aromatic heterocycles. The van der Waals surface area contributed by atoms with Gasteiger partial charge in [-0.05, 0) is 6.08 Å². The third-order valence-corrected chi connectivity index (χ3v) is 1.37. The third-order valence-electron chi connectivity index (χ3n) is 1.37. The molecule has 13 heavy (non-hydrogen) atoms. The summed E-state index contributed by atoms with van der Waals surface area (Å²) in [4.78, 5) is 21.2. The highest BCUT2D eigenvalue weighted by atomic mass is 16.4. The molecule has 0 atom stereocenters. The summed E-state index contributed by atoms with van der Waals surface area (Å²) in [7, 11) is 1.68. The number of hydrogen-bond acceptors (Lipinski definition) is 3. The van der Waals surface area contributed by atoms with E-state index < -0.39 is 5.97 Å². The van der Waals surface area contributed by atoms with Crippen LogP contribution < -0.4 is 0 Å². The standard InChI is InChI=1S/C8H8N2O3/c1-10-5-6(4-9-10)7(11)2-3-8(12)13/h2-5H,1H3,(H,12,13). The average Bonchev–Trinajstić information content (AvgIpc) is 2.47. The lowest BCUT2D eigenvalue weighted by molar-refractivity contribution is -0.131. The smallest absolute Gasteiger partial charge is 0.328 e. The molecule has 68 valence electrons. The summed E-state index contributed by atoms with van der Waals surface area (Å²) >= 11 is 0. The zero-order valence-electron chi connectivity index (χ0n) is 6.97. The van der Waals surface area contributed by atoms with Gasteiger partial charge in [-0.2, -0.15) is 5.10 Å². The van der Waals surface area contributed by atoms with Crippen LogP contribution >= 0.6 is 0 Å². The summed E-state index contributed by atoms with van der Waals surface area (Å²) in [5, 5.41) is 12.0. The minimum Gasteiger partial charge on any atom is -0.478 e. The fourth-order valence-electron chi connectivity index (χ4n) is 0.792. The number of hydrogen-bond donors (Lipinski definition) is 1. The topological polar surface area (TPSA) is 72.2 Å². The summed E-state index contributed by atoms with van der Waals surface area (Å²) in [6.45, 7) is 0. The number of carboxylic acids is 1. The van der Waals surface area contributed by atoms with Gasteiger partial charge in [0.15, 0.2) is 5.78 Å². The van der Waals surface area contributed by atoms with Crippen molar-refractivity contribution in [3.05, 3.63) is 30.1 Å². The first kappa shape index (κ1) is 9.18. The SMILES string of the molecule is Cn1cc(C(=O)C=CC(=O)O)cn1. The number of ketones is 1. The number of rotatable bonds is 3. The van der Waals surface area contributed by atoms with E-state index in [1.807, 2.05) is 0 Å². The van der Waals surface area contributed by atoms with Crippen LogP contribution in [0.15, 0.2) is 24.5 Å². The number of aliphatic carboxylic acids is 1. The Morgan fingerprint density at radius 2 is 2.23 bits per heavy atom. The normalized spacial score (nSPS) is 10.5. The second kappa shape index (κ2) is 3.66. The Morgan fingerprint density at radius 3 is 2.69 bits per heavy atom. The Bertz CT molecular complexity index is 365. The summed E-state index contributed by atoms with van der Waals surface area (Å²) < 4.78 is 1.47. The quantitative estimate of drug-likeness (QED) is 0.534. The Morgan fingerprint density at radius 1 is 1.54 bits per heavy atom. The molecule has 0 fully saturated rings. The van der Waals surface area contributed by atoms with Gasteiger partial charge in [0.1, 0.15) is 0 Å². The van der Waals surface area contributed by atoms with Gasteiger partial charge in [-0.3, -0.25) is 9.48 Å². The lowest BCUT2D eigenvalue weighted by Crippen LogP contribution is -1.95. The second-order valence-corrected chi connectivity index (χ2v) is 2.44. The number of aryl methyl sites for hydroxylation is 1. The molecule has 1 N–H and O–H groups in total. The van der Waals surface area contributed by atoms with Gasteiger partial charge in [-0.1, -0.05) is 0 Å². The minimum absolute atomic E-state index is 0.365. The first-order valence-corrected chi connectivity index (χ1v) is 3.53. The van der Waals surface area contributed by atoms with Crippen molar-refractivity contribution >= 4 is 11.8 Å². The van der Waals surface area contributed by atoms with Crippen LogP contribution in [0.2, 0.25) is 0 Å². The van der Waals surface area contributed by atoms with Gasteiger partial charge < -0.3 is 5.11 Å². The second-order valence-electron chi connectivity index (χ2n) is 2.44. The van der Waals surface area contributed by atoms with Crippen LogP contribution in [0.1, 0.15) is 10.4 Å². The maximum absolute atomic E-state index is 11.2. The van der Waals surface area contributed by atoms with E-state index in [0.717, 1.165) is 12.2 Å². The van der Waals surface area contributed by atoms with E-state index in [2.05, 4.69) is 5.10 Å². The summed E-state index contributed by atoms with van der Waals surface area (Å²) in [6, 6.07) is 0. The van der Waals surface area contributed by atoms with Crippen molar-refractivity contribution in [1.29, 1.82) is 0 Å². The van der Waals surface area contributed by atoms with Crippen molar-refractivity contribution in [3.8, 4) is 0 Å². The van der Waals surface area contributed by atoms with Crippen molar-refractivity contribution in [2.75, 3.05) is 0 Å². The van der Waals surface area contributed by atoms with Crippen LogP contribution in [-0.2, 0) is 11.8 Å². The third kappa shape index (κ3) is 2.55. The molecular weight excluding hydrogens is 172 g/mol. The summed E-state index contributed by atoms with van der Waals surface area (Å²) in [5.74, 6) is -1.51. The van der Waals surface area contributed by atoms with E-state index in [0.29, 0.717) is 5.56 Å². The number of allylic oxidation sites excluding steroid dienone is 1. The van der Waals surface area contributed by atoms with Crippen molar-refractivity contribution < 1.29 is 14.7 Å². The molecular formula is C8H8N2O3. The van der Waals surface area contributed by atoms with E-state index in [1.165, 1.54) is 17.1 Å². The van der Waals surface area contributed by atoms with Gasteiger partial charge in [0, 0.05) is 19.3 Å². The number of carbonyl (C=O) groups is 2.